The molecule has 0 saturated carbocycles. The summed E-state index contributed by atoms with van der Waals surface area (Å²) in [7, 11) is 2.27. The molecule has 5 heteroatoms. The maximum absolute atomic E-state index is 5.81. The Morgan fingerprint density at radius 1 is 1.14 bits per heavy atom. The van der Waals surface area contributed by atoms with Crippen LogP contribution in [0.1, 0.15) is 10.4 Å². The van der Waals surface area contributed by atoms with Crippen molar-refractivity contribution in [2.75, 3.05) is 33.2 Å². The second-order valence-corrected chi connectivity index (χ2v) is 6.97. The summed E-state index contributed by atoms with van der Waals surface area (Å²) in [6, 6.07) is 8.09. The highest BCUT2D eigenvalue weighted by atomic mass is 32.1. The van der Waals surface area contributed by atoms with Crippen molar-refractivity contribution in [3.8, 4) is 10.9 Å². The van der Waals surface area contributed by atoms with Crippen LogP contribution >= 0.6 is 11.3 Å². The van der Waals surface area contributed by atoms with Gasteiger partial charge in [-0.1, -0.05) is 29.0 Å². The first-order valence-corrected chi connectivity index (χ1v) is 8.35. The lowest BCUT2D eigenvalue weighted by Crippen LogP contribution is -3.26. The van der Waals surface area contributed by atoms with Gasteiger partial charge in [0.15, 0.2) is 0 Å². The van der Waals surface area contributed by atoms with Crippen LogP contribution in [-0.4, -0.2) is 38.2 Å². The molecule has 112 valence electrons. The molecule has 21 heavy (non-hydrogen) atoms. The molecule has 0 bridgehead atoms. The van der Waals surface area contributed by atoms with Crippen molar-refractivity contribution >= 4 is 11.3 Å². The van der Waals surface area contributed by atoms with Gasteiger partial charge in [-0.05, 0) is 19.1 Å². The maximum atomic E-state index is 5.81. The van der Waals surface area contributed by atoms with Gasteiger partial charge < -0.3 is 14.5 Å². The summed E-state index contributed by atoms with van der Waals surface area (Å²) in [5, 5.41) is 0.744. The molecule has 0 amide bonds. The number of ether oxygens (including phenoxy) is 1. The average Bonchev–Trinajstić information content (AvgIpc) is 2.91. The summed E-state index contributed by atoms with van der Waals surface area (Å²) in [6.07, 6.45) is 1.96. The van der Waals surface area contributed by atoms with Crippen LogP contribution in [-0.2, 0) is 6.54 Å². The van der Waals surface area contributed by atoms with Gasteiger partial charge in [0.25, 0.3) is 5.19 Å². The van der Waals surface area contributed by atoms with E-state index < -0.39 is 0 Å². The van der Waals surface area contributed by atoms with Crippen LogP contribution in [0.2, 0.25) is 0 Å². The van der Waals surface area contributed by atoms with Gasteiger partial charge >= 0.3 is 0 Å². The van der Waals surface area contributed by atoms with E-state index in [1.807, 2.05) is 18.3 Å². The summed E-state index contributed by atoms with van der Waals surface area (Å²) < 4.78 is 5.81. The Morgan fingerprint density at radius 2 is 1.86 bits per heavy atom. The lowest BCUT2D eigenvalue weighted by Gasteiger charge is -2.26. The second-order valence-electron chi connectivity index (χ2n) is 5.89. The zero-order valence-corrected chi connectivity index (χ0v) is 13.5. The second kappa shape index (κ2) is 6.56. The zero-order valence-electron chi connectivity index (χ0n) is 12.7. The average molecular weight is 305 g/mol. The number of thiazole rings is 1. The molecule has 0 aliphatic carbocycles. The molecule has 1 aromatic carbocycles. The fraction of sp³-hybridized carbons (Fsp3) is 0.438. The highest BCUT2D eigenvalue weighted by Gasteiger charge is 2.21. The quantitative estimate of drug-likeness (QED) is 0.843. The van der Waals surface area contributed by atoms with E-state index in [4.69, 9.17) is 4.74 Å². The van der Waals surface area contributed by atoms with Gasteiger partial charge in [0.1, 0.15) is 38.5 Å². The first-order chi connectivity index (χ1) is 10.2. The summed E-state index contributed by atoms with van der Waals surface area (Å²) in [5.41, 5.74) is 1.24. The van der Waals surface area contributed by atoms with Crippen LogP contribution in [0.25, 0.3) is 0 Å². The number of nitrogens with one attached hydrogen (secondary N) is 2. The lowest BCUT2D eigenvalue weighted by atomic mass is 10.2. The van der Waals surface area contributed by atoms with Gasteiger partial charge in [-0.25, -0.2) is 4.98 Å². The molecule has 1 aromatic heterocycles. The number of aromatic nitrogens is 1. The smallest absolute Gasteiger partial charge is 0.279 e. The molecular formula is C16H23N3OS+2. The van der Waals surface area contributed by atoms with E-state index in [0.717, 1.165) is 17.5 Å². The van der Waals surface area contributed by atoms with E-state index in [-0.39, 0.29) is 0 Å². The molecule has 1 saturated heterocycles. The number of nitrogens with zero attached hydrogens (tertiary/aromatic N) is 1. The van der Waals surface area contributed by atoms with Gasteiger partial charge in [0.2, 0.25) is 0 Å². The van der Waals surface area contributed by atoms with Crippen LogP contribution < -0.4 is 14.5 Å². The van der Waals surface area contributed by atoms with Crippen molar-refractivity contribution in [2.45, 2.75) is 13.5 Å². The topological polar surface area (TPSA) is 31.0 Å². The molecule has 3 rings (SSSR count). The highest BCUT2D eigenvalue weighted by Crippen LogP contribution is 2.26. The van der Waals surface area contributed by atoms with Crippen molar-refractivity contribution in [3.63, 3.8) is 0 Å². The zero-order chi connectivity index (χ0) is 14.7. The maximum Gasteiger partial charge on any atom is 0.279 e. The monoisotopic (exact) mass is 305 g/mol. The number of quaternary nitrogens is 2. The SMILES string of the molecule is Cc1ccc(Oc2ncc(C[NH+]3CC[NH+](C)CC3)s2)cc1. The largest absolute Gasteiger partial charge is 0.431 e. The molecular weight excluding hydrogens is 282 g/mol. The molecule has 1 aliphatic heterocycles. The molecule has 2 N–H and O–H groups in total. The van der Waals surface area contributed by atoms with E-state index in [2.05, 4.69) is 31.1 Å². The highest BCUT2D eigenvalue weighted by molar-refractivity contribution is 7.13. The number of aryl methyl sites for hydroxylation is 1. The summed E-state index contributed by atoms with van der Waals surface area (Å²) >= 11 is 1.67. The number of hydrogen-bond acceptors (Lipinski definition) is 3. The Kier molecular flexibility index (Phi) is 4.53. The number of piperazine rings is 1. The number of rotatable bonds is 4. The molecule has 2 aromatic rings. The predicted molar refractivity (Wildman–Crippen MR) is 84.4 cm³/mol. The van der Waals surface area contributed by atoms with Gasteiger partial charge in [0, 0.05) is 0 Å². The molecule has 2 heterocycles. The first kappa shape index (κ1) is 14.5. The molecule has 0 radical (unpaired) electrons. The summed E-state index contributed by atoms with van der Waals surface area (Å²) in [5.74, 6) is 0.858. The number of likely N-dealkylation sites (N-methyl/N-ethyl adjacent to an activating group) is 1. The molecule has 0 atom stereocenters. The summed E-state index contributed by atoms with van der Waals surface area (Å²) in [6.45, 7) is 8.17. The van der Waals surface area contributed by atoms with Gasteiger partial charge in [-0.2, -0.15) is 0 Å². The number of hydrogen-bond donors (Lipinski definition) is 2. The van der Waals surface area contributed by atoms with Crippen molar-refractivity contribution in [1.29, 1.82) is 0 Å². The van der Waals surface area contributed by atoms with Crippen molar-refractivity contribution in [1.82, 2.24) is 4.98 Å². The molecule has 0 unspecified atom stereocenters. The Labute approximate surface area is 130 Å². The molecule has 1 fully saturated rings. The van der Waals surface area contributed by atoms with Crippen molar-refractivity contribution in [3.05, 3.63) is 40.9 Å². The number of benzene rings is 1. The van der Waals surface area contributed by atoms with E-state index >= 15 is 0 Å². The molecule has 0 spiro atoms. The van der Waals surface area contributed by atoms with E-state index in [9.17, 15) is 0 Å². The third-order valence-corrected chi connectivity index (χ3v) is 4.87. The Morgan fingerprint density at radius 3 is 2.57 bits per heavy atom. The van der Waals surface area contributed by atoms with E-state index in [1.165, 1.54) is 36.6 Å². The van der Waals surface area contributed by atoms with Crippen LogP contribution in [0.4, 0.5) is 0 Å². The van der Waals surface area contributed by atoms with Crippen LogP contribution in [0.5, 0.6) is 10.9 Å². The predicted octanol–water partition coefficient (Wildman–Crippen LogP) is 0.157. The van der Waals surface area contributed by atoms with Crippen molar-refractivity contribution in [2.24, 2.45) is 0 Å². The Hall–Kier alpha value is -1.43. The fourth-order valence-corrected chi connectivity index (χ4v) is 3.43. The standard InChI is InChI=1S/C16H21N3OS/c1-13-3-5-14(6-4-13)20-16-17-11-15(21-16)12-19-9-7-18(2)8-10-19/h3-6,11H,7-10,12H2,1-2H3/p+2. The van der Waals surface area contributed by atoms with Crippen molar-refractivity contribution < 1.29 is 14.5 Å². The minimum atomic E-state index is 0.744. The lowest BCUT2D eigenvalue weighted by molar-refractivity contribution is -1.01. The Balaban J connectivity index is 1.57. The van der Waals surface area contributed by atoms with E-state index in [1.54, 1.807) is 21.1 Å². The first-order valence-electron chi connectivity index (χ1n) is 7.53. The Bertz CT molecular complexity index is 573. The van der Waals surface area contributed by atoms with Gasteiger partial charge in [0.05, 0.1) is 18.1 Å². The molecule has 1 aliphatic rings. The minimum absolute atomic E-state index is 0.744. The molecule has 4 nitrogen and oxygen atoms in total. The third-order valence-electron chi connectivity index (χ3n) is 3.99. The van der Waals surface area contributed by atoms with Crippen LogP contribution in [0.3, 0.4) is 0 Å². The van der Waals surface area contributed by atoms with Gasteiger partial charge in [-0.15, -0.1) is 0 Å². The third kappa shape index (κ3) is 4.03. The van der Waals surface area contributed by atoms with Crippen LogP contribution in [0, 0.1) is 6.92 Å². The van der Waals surface area contributed by atoms with Crippen LogP contribution in [0.15, 0.2) is 30.5 Å². The van der Waals surface area contributed by atoms with E-state index in [0.29, 0.717) is 0 Å². The van der Waals surface area contributed by atoms with Gasteiger partial charge in [-0.3, -0.25) is 0 Å². The minimum Gasteiger partial charge on any atom is -0.431 e. The normalized spacial score (nSPS) is 22.2. The fourth-order valence-electron chi connectivity index (χ4n) is 2.58. The summed E-state index contributed by atoms with van der Waals surface area (Å²) in [4.78, 5) is 9.01.